The van der Waals surface area contributed by atoms with Crippen LogP contribution in [0.2, 0.25) is 0 Å². The molecule has 0 radical (unpaired) electrons. The summed E-state index contributed by atoms with van der Waals surface area (Å²) >= 11 is 0. The van der Waals surface area contributed by atoms with Crippen molar-refractivity contribution in [3.05, 3.63) is 42.2 Å². The first-order chi connectivity index (χ1) is 10.1. The summed E-state index contributed by atoms with van der Waals surface area (Å²) in [5.74, 6) is -0.309. The highest BCUT2D eigenvalue weighted by Gasteiger charge is 2.22. The molecule has 2 aromatic rings. The van der Waals surface area contributed by atoms with E-state index in [4.69, 9.17) is 0 Å². The fraction of sp³-hybridized carbons (Fsp3) is 0.267. The lowest BCUT2D eigenvalue weighted by atomic mass is 10.1. The summed E-state index contributed by atoms with van der Waals surface area (Å²) in [5, 5.41) is 12.2. The molecule has 6 heteroatoms. The van der Waals surface area contributed by atoms with Gasteiger partial charge in [-0.2, -0.15) is 0 Å². The number of carboxylic acid groups (broad SMARTS) is 1. The summed E-state index contributed by atoms with van der Waals surface area (Å²) in [4.78, 5) is 26.9. The van der Waals surface area contributed by atoms with E-state index in [0.717, 1.165) is 6.42 Å². The molecule has 0 aliphatic carbocycles. The number of imidazole rings is 1. The van der Waals surface area contributed by atoms with Crippen LogP contribution in [-0.2, 0) is 11.3 Å². The third-order valence-electron chi connectivity index (χ3n) is 3.62. The number of aromatic nitrogens is 2. The number of benzene rings is 1. The highest BCUT2D eigenvalue weighted by Crippen LogP contribution is 2.23. The van der Waals surface area contributed by atoms with Crippen molar-refractivity contribution in [3.63, 3.8) is 0 Å². The van der Waals surface area contributed by atoms with Gasteiger partial charge < -0.3 is 15.0 Å². The summed E-state index contributed by atoms with van der Waals surface area (Å²) in [6, 6.07) is 6.86. The van der Waals surface area contributed by atoms with Crippen LogP contribution in [0.25, 0.3) is 11.4 Å². The van der Waals surface area contributed by atoms with E-state index in [2.05, 4.69) is 10.3 Å². The van der Waals surface area contributed by atoms with E-state index in [9.17, 15) is 14.7 Å². The SMILES string of the molecule is O=C1CCC(Cn2ccnc2-c2ccccc2C(=O)O)N1. The molecule has 2 N–H and O–H groups in total. The molecule has 1 amide bonds. The number of nitrogens with zero attached hydrogens (tertiary/aromatic N) is 2. The van der Waals surface area contributed by atoms with Gasteiger partial charge in [-0.3, -0.25) is 4.79 Å². The third kappa shape index (κ3) is 2.65. The van der Waals surface area contributed by atoms with Crippen LogP contribution >= 0.6 is 0 Å². The third-order valence-corrected chi connectivity index (χ3v) is 3.62. The first kappa shape index (κ1) is 13.4. The molecule has 1 unspecified atom stereocenters. The van der Waals surface area contributed by atoms with Crippen LogP contribution in [0.3, 0.4) is 0 Å². The van der Waals surface area contributed by atoms with E-state index in [1.807, 2.05) is 4.57 Å². The molecule has 1 aliphatic rings. The molecule has 1 atom stereocenters. The Labute approximate surface area is 121 Å². The smallest absolute Gasteiger partial charge is 0.336 e. The molecule has 108 valence electrons. The maximum atomic E-state index is 11.3. The van der Waals surface area contributed by atoms with Crippen molar-refractivity contribution in [1.82, 2.24) is 14.9 Å². The van der Waals surface area contributed by atoms with Gasteiger partial charge in [-0.05, 0) is 12.5 Å². The van der Waals surface area contributed by atoms with Gasteiger partial charge in [0.05, 0.1) is 5.56 Å². The van der Waals surface area contributed by atoms with E-state index < -0.39 is 5.97 Å². The van der Waals surface area contributed by atoms with Crippen LogP contribution in [0.15, 0.2) is 36.7 Å². The number of amides is 1. The molecule has 3 rings (SSSR count). The van der Waals surface area contributed by atoms with Gasteiger partial charge in [0.1, 0.15) is 5.82 Å². The van der Waals surface area contributed by atoms with Crippen LogP contribution in [0.4, 0.5) is 0 Å². The molecule has 2 heterocycles. The maximum Gasteiger partial charge on any atom is 0.336 e. The minimum atomic E-state index is -0.977. The van der Waals surface area contributed by atoms with Crippen LogP contribution in [0, 0.1) is 0 Å². The van der Waals surface area contributed by atoms with Gasteiger partial charge in [0.25, 0.3) is 0 Å². The summed E-state index contributed by atoms with van der Waals surface area (Å²) in [6.07, 6.45) is 4.78. The Morgan fingerprint density at radius 2 is 2.24 bits per heavy atom. The second-order valence-electron chi connectivity index (χ2n) is 5.06. The standard InChI is InChI=1S/C15H15N3O3/c19-13-6-5-10(17-13)9-18-8-7-16-14(18)11-3-1-2-4-12(11)15(20)21/h1-4,7-8,10H,5-6,9H2,(H,17,19)(H,20,21). The van der Waals surface area contributed by atoms with Gasteiger partial charge in [0.15, 0.2) is 0 Å². The van der Waals surface area contributed by atoms with Gasteiger partial charge in [0.2, 0.25) is 5.91 Å². The second-order valence-corrected chi connectivity index (χ2v) is 5.06. The van der Waals surface area contributed by atoms with Crippen molar-refractivity contribution in [3.8, 4) is 11.4 Å². The van der Waals surface area contributed by atoms with Gasteiger partial charge in [-0.1, -0.05) is 18.2 Å². The molecule has 1 aliphatic heterocycles. The van der Waals surface area contributed by atoms with Crippen LogP contribution in [0.1, 0.15) is 23.2 Å². The zero-order valence-corrected chi connectivity index (χ0v) is 11.3. The number of hydrogen-bond acceptors (Lipinski definition) is 3. The fourth-order valence-corrected chi connectivity index (χ4v) is 2.62. The summed E-state index contributed by atoms with van der Waals surface area (Å²) in [6.45, 7) is 0.592. The van der Waals surface area contributed by atoms with Crippen molar-refractivity contribution in [2.45, 2.75) is 25.4 Å². The Morgan fingerprint density at radius 3 is 2.95 bits per heavy atom. The molecule has 21 heavy (non-hydrogen) atoms. The molecule has 0 bridgehead atoms. The number of carbonyl (C=O) groups excluding carboxylic acids is 1. The van der Waals surface area contributed by atoms with Gasteiger partial charge in [-0.15, -0.1) is 0 Å². The monoisotopic (exact) mass is 285 g/mol. The number of hydrogen-bond donors (Lipinski definition) is 2. The van der Waals surface area contributed by atoms with E-state index in [1.165, 1.54) is 0 Å². The van der Waals surface area contributed by atoms with E-state index in [1.54, 1.807) is 36.7 Å². The van der Waals surface area contributed by atoms with E-state index >= 15 is 0 Å². The van der Waals surface area contributed by atoms with Crippen molar-refractivity contribution in [2.75, 3.05) is 0 Å². The van der Waals surface area contributed by atoms with Crippen molar-refractivity contribution < 1.29 is 14.7 Å². The molecular formula is C15H15N3O3. The van der Waals surface area contributed by atoms with E-state index in [-0.39, 0.29) is 17.5 Å². The molecule has 1 aromatic heterocycles. The minimum Gasteiger partial charge on any atom is -0.478 e. The topological polar surface area (TPSA) is 84.2 Å². The Kier molecular flexibility index (Phi) is 3.43. The zero-order valence-electron chi connectivity index (χ0n) is 11.3. The summed E-state index contributed by atoms with van der Waals surface area (Å²) < 4.78 is 1.89. The van der Waals surface area contributed by atoms with Gasteiger partial charge >= 0.3 is 5.97 Å². The molecular weight excluding hydrogens is 270 g/mol. The average Bonchev–Trinajstić information content (AvgIpc) is 3.08. The molecule has 1 saturated heterocycles. The van der Waals surface area contributed by atoms with Crippen molar-refractivity contribution in [2.24, 2.45) is 0 Å². The number of nitrogens with one attached hydrogen (secondary N) is 1. The lowest BCUT2D eigenvalue weighted by Gasteiger charge is -2.14. The van der Waals surface area contributed by atoms with Crippen LogP contribution in [-0.4, -0.2) is 32.6 Å². The Balaban J connectivity index is 1.92. The first-order valence-electron chi connectivity index (χ1n) is 6.78. The molecule has 1 fully saturated rings. The number of rotatable bonds is 4. The second kappa shape index (κ2) is 5.40. The quantitative estimate of drug-likeness (QED) is 0.892. The van der Waals surface area contributed by atoms with Crippen molar-refractivity contribution in [1.29, 1.82) is 0 Å². The largest absolute Gasteiger partial charge is 0.478 e. The van der Waals surface area contributed by atoms with Gasteiger partial charge in [-0.25, -0.2) is 9.78 Å². The number of aromatic carboxylic acids is 1. The molecule has 0 saturated carbocycles. The normalized spacial score (nSPS) is 17.7. The Bertz CT molecular complexity index is 693. The van der Waals surface area contributed by atoms with E-state index in [0.29, 0.717) is 24.4 Å². The van der Waals surface area contributed by atoms with Crippen molar-refractivity contribution >= 4 is 11.9 Å². The highest BCUT2D eigenvalue weighted by atomic mass is 16.4. The lowest BCUT2D eigenvalue weighted by Crippen LogP contribution is -2.29. The van der Waals surface area contributed by atoms with Gasteiger partial charge in [0, 0.05) is 37.0 Å². The summed E-state index contributed by atoms with van der Waals surface area (Å²) in [7, 11) is 0. The Hall–Kier alpha value is -2.63. The van der Waals surface area contributed by atoms with Crippen LogP contribution in [0.5, 0.6) is 0 Å². The van der Waals surface area contributed by atoms with Crippen LogP contribution < -0.4 is 5.32 Å². The minimum absolute atomic E-state index is 0.0626. The fourth-order valence-electron chi connectivity index (χ4n) is 2.62. The molecule has 6 nitrogen and oxygen atoms in total. The number of carboxylic acids is 1. The molecule has 0 spiro atoms. The summed E-state index contributed by atoms with van der Waals surface area (Å²) in [5.41, 5.74) is 0.805. The average molecular weight is 285 g/mol. The predicted molar refractivity (Wildman–Crippen MR) is 75.8 cm³/mol. The predicted octanol–water partition coefficient (Wildman–Crippen LogP) is 1.53. The Morgan fingerprint density at radius 1 is 1.43 bits per heavy atom. The maximum absolute atomic E-state index is 11.3. The first-order valence-corrected chi connectivity index (χ1v) is 6.78. The number of carbonyl (C=O) groups is 2. The molecule has 1 aromatic carbocycles. The zero-order chi connectivity index (χ0) is 14.8. The lowest BCUT2D eigenvalue weighted by molar-refractivity contribution is -0.119. The highest BCUT2D eigenvalue weighted by molar-refractivity contribution is 5.95.